The number of pyridine rings is 1. The first-order valence-electron chi connectivity index (χ1n) is 6.32. The van der Waals surface area contributed by atoms with Crippen molar-refractivity contribution >= 4 is 34.9 Å². The van der Waals surface area contributed by atoms with Crippen molar-refractivity contribution in [3.05, 3.63) is 48.0 Å². The Morgan fingerprint density at radius 2 is 2.30 bits per heavy atom. The van der Waals surface area contributed by atoms with Gasteiger partial charge in [-0.3, -0.25) is 0 Å². The molecule has 0 saturated carbocycles. The van der Waals surface area contributed by atoms with Crippen LogP contribution in [0.5, 0.6) is 0 Å². The molecule has 2 aromatic heterocycles. The molecule has 2 heterocycles. The van der Waals surface area contributed by atoms with Gasteiger partial charge in [0, 0.05) is 18.5 Å². The fourth-order valence-corrected chi connectivity index (χ4v) is 2.53. The molecule has 6 heteroatoms. The molecule has 0 aliphatic carbocycles. The highest BCUT2D eigenvalue weighted by Gasteiger charge is 2.01. The number of thioether (sulfide) groups is 1. The lowest BCUT2D eigenvalue weighted by atomic mass is 10.3. The topological polar surface area (TPSA) is 50.1 Å². The number of thiocarbonyl (C=S) groups is 1. The maximum absolute atomic E-state index is 5.27. The Balaban J connectivity index is 1.62. The molecule has 2 rings (SSSR count). The summed E-state index contributed by atoms with van der Waals surface area (Å²) in [5.41, 5.74) is 1.07. The van der Waals surface area contributed by atoms with E-state index in [0.29, 0.717) is 5.11 Å². The summed E-state index contributed by atoms with van der Waals surface area (Å²) in [6.45, 7) is 2.81. The van der Waals surface area contributed by atoms with Crippen LogP contribution < -0.4 is 10.6 Å². The van der Waals surface area contributed by atoms with Crippen LogP contribution in [0.25, 0.3) is 0 Å². The lowest BCUT2D eigenvalue weighted by Gasteiger charge is -2.11. The second kappa shape index (κ2) is 7.91. The van der Waals surface area contributed by atoms with Crippen molar-refractivity contribution in [2.75, 3.05) is 17.6 Å². The number of rotatable bonds is 6. The minimum Gasteiger partial charge on any atom is -0.468 e. The summed E-state index contributed by atoms with van der Waals surface area (Å²) in [6, 6.07) is 7.79. The van der Waals surface area contributed by atoms with Crippen molar-refractivity contribution in [2.24, 2.45) is 0 Å². The molecule has 0 aliphatic rings. The van der Waals surface area contributed by atoms with Gasteiger partial charge in [-0.05, 0) is 42.9 Å². The van der Waals surface area contributed by atoms with E-state index in [2.05, 4.69) is 15.6 Å². The van der Waals surface area contributed by atoms with Gasteiger partial charge in [0.1, 0.15) is 11.6 Å². The summed E-state index contributed by atoms with van der Waals surface area (Å²) >= 11 is 7.04. The zero-order valence-electron chi connectivity index (χ0n) is 11.3. The molecule has 0 atom stereocenters. The van der Waals surface area contributed by atoms with Gasteiger partial charge in [0.05, 0.1) is 12.0 Å². The maximum atomic E-state index is 5.27. The SMILES string of the molecule is Cc1cccnc1NC(=S)NCCSCc1ccco1. The molecule has 0 amide bonds. The molecule has 2 aromatic rings. The summed E-state index contributed by atoms with van der Waals surface area (Å²) in [4.78, 5) is 4.24. The molecular formula is C14H17N3OS2. The van der Waals surface area contributed by atoms with E-state index in [1.54, 1.807) is 24.2 Å². The molecule has 4 nitrogen and oxygen atoms in total. The Hall–Kier alpha value is -1.53. The van der Waals surface area contributed by atoms with Crippen LogP contribution in [-0.4, -0.2) is 22.4 Å². The van der Waals surface area contributed by atoms with Crippen LogP contribution in [0.4, 0.5) is 5.82 Å². The maximum Gasteiger partial charge on any atom is 0.171 e. The quantitative estimate of drug-likeness (QED) is 0.631. The van der Waals surface area contributed by atoms with E-state index in [4.69, 9.17) is 16.6 Å². The first kappa shape index (κ1) is 14.9. The van der Waals surface area contributed by atoms with E-state index >= 15 is 0 Å². The van der Waals surface area contributed by atoms with Gasteiger partial charge in [0.2, 0.25) is 0 Å². The molecule has 20 heavy (non-hydrogen) atoms. The third-order valence-electron chi connectivity index (χ3n) is 2.60. The zero-order chi connectivity index (χ0) is 14.2. The van der Waals surface area contributed by atoms with Crippen LogP contribution in [0.2, 0.25) is 0 Å². The highest BCUT2D eigenvalue weighted by Crippen LogP contribution is 2.11. The summed E-state index contributed by atoms with van der Waals surface area (Å²) in [5, 5.41) is 6.87. The van der Waals surface area contributed by atoms with Crippen molar-refractivity contribution in [1.29, 1.82) is 0 Å². The summed E-state index contributed by atoms with van der Waals surface area (Å²) in [6.07, 6.45) is 3.44. The lowest BCUT2D eigenvalue weighted by molar-refractivity contribution is 0.530. The molecule has 0 unspecified atom stereocenters. The van der Waals surface area contributed by atoms with E-state index < -0.39 is 0 Å². The Morgan fingerprint density at radius 3 is 3.05 bits per heavy atom. The van der Waals surface area contributed by atoms with Gasteiger partial charge in [-0.25, -0.2) is 4.98 Å². The standard InChI is InChI=1S/C14H17N3OS2/c1-11-4-2-6-15-13(11)17-14(19)16-7-9-20-10-12-5-3-8-18-12/h2-6,8H,7,9-10H2,1H3,(H2,15,16,17,19). The van der Waals surface area contributed by atoms with Gasteiger partial charge >= 0.3 is 0 Å². The van der Waals surface area contributed by atoms with Gasteiger partial charge in [-0.2, -0.15) is 11.8 Å². The molecule has 0 saturated heterocycles. The Labute approximate surface area is 128 Å². The third-order valence-corrected chi connectivity index (χ3v) is 3.83. The van der Waals surface area contributed by atoms with Crippen LogP contribution in [0.1, 0.15) is 11.3 Å². The number of hydrogen-bond donors (Lipinski definition) is 2. The van der Waals surface area contributed by atoms with Crippen LogP contribution in [0.15, 0.2) is 41.1 Å². The van der Waals surface area contributed by atoms with Crippen LogP contribution in [0.3, 0.4) is 0 Å². The van der Waals surface area contributed by atoms with E-state index in [1.807, 2.05) is 31.2 Å². The normalized spacial score (nSPS) is 10.2. The van der Waals surface area contributed by atoms with Crippen molar-refractivity contribution in [3.8, 4) is 0 Å². The molecule has 0 bridgehead atoms. The van der Waals surface area contributed by atoms with E-state index in [1.165, 1.54) is 0 Å². The average molecular weight is 307 g/mol. The van der Waals surface area contributed by atoms with Gasteiger partial charge in [0.25, 0.3) is 0 Å². The first-order valence-corrected chi connectivity index (χ1v) is 7.88. The predicted molar refractivity (Wildman–Crippen MR) is 88.1 cm³/mol. The minimum atomic E-state index is 0.602. The molecule has 2 N–H and O–H groups in total. The number of aryl methyl sites for hydroxylation is 1. The number of nitrogens with zero attached hydrogens (tertiary/aromatic N) is 1. The Bertz CT molecular complexity index is 543. The molecule has 106 valence electrons. The first-order chi connectivity index (χ1) is 9.75. The summed E-state index contributed by atoms with van der Waals surface area (Å²) in [5.74, 6) is 3.64. The van der Waals surface area contributed by atoms with Gasteiger partial charge < -0.3 is 15.1 Å². The largest absolute Gasteiger partial charge is 0.468 e. The second-order valence-electron chi connectivity index (χ2n) is 4.18. The van der Waals surface area contributed by atoms with Crippen LogP contribution >= 0.6 is 24.0 Å². The van der Waals surface area contributed by atoms with Gasteiger partial charge in [-0.1, -0.05) is 6.07 Å². The number of nitrogens with one attached hydrogen (secondary N) is 2. The number of aromatic nitrogens is 1. The highest BCUT2D eigenvalue weighted by molar-refractivity contribution is 7.98. The molecule has 0 radical (unpaired) electrons. The number of anilines is 1. The van der Waals surface area contributed by atoms with Crippen LogP contribution in [0, 0.1) is 6.92 Å². The van der Waals surface area contributed by atoms with E-state index in [0.717, 1.165) is 35.2 Å². The number of furan rings is 1. The van der Waals surface area contributed by atoms with E-state index in [-0.39, 0.29) is 0 Å². The second-order valence-corrected chi connectivity index (χ2v) is 5.70. The highest BCUT2D eigenvalue weighted by atomic mass is 32.2. The fourth-order valence-electron chi connectivity index (χ4n) is 1.57. The average Bonchev–Trinajstić information content (AvgIpc) is 2.94. The lowest BCUT2D eigenvalue weighted by Crippen LogP contribution is -2.30. The fraction of sp³-hybridized carbons (Fsp3) is 0.286. The minimum absolute atomic E-state index is 0.602. The molecule has 0 fully saturated rings. The molecule has 0 aromatic carbocycles. The summed E-state index contributed by atoms with van der Waals surface area (Å²) in [7, 11) is 0. The van der Waals surface area contributed by atoms with Gasteiger partial charge in [0.15, 0.2) is 5.11 Å². The monoisotopic (exact) mass is 307 g/mol. The zero-order valence-corrected chi connectivity index (χ0v) is 12.9. The predicted octanol–water partition coefficient (Wildman–Crippen LogP) is 3.20. The summed E-state index contributed by atoms with van der Waals surface area (Å²) < 4.78 is 5.27. The van der Waals surface area contributed by atoms with Crippen molar-refractivity contribution in [2.45, 2.75) is 12.7 Å². The number of hydrogen-bond acceptors (Lipinski definition) is 4. The van der Waals surface area contributed by atoms with Crippen LogP contribution in [-0.2, 0) is 5.75 Å². The Morgan fingerprint density at radius 1 is 1.40 bits per heavy atom. The smallest absolute Gasteiger partial charge is 0.171 e. The van der Waals surface area contributed by atoms with Gasteiger partial charge in [-0.15, -0.1) is 0 Å². The van der Waals surface area contributed by atoms with E-state index in [9.17, 15) is 0 Å². The molecule has 0 spiro atoms. The third kappa shape index (κ3) is 4.86. The van der Waals surface area contributed by atoms with Crippen molar-refractivity contribution in [1.82, 2.24) is 10.3 Å². The molecular weight excluding hydrogens is 290 g/mol. The van der Waals surface area contributed by atoms with Crippen molar-refractivity contribution in [3.63, 3.8) is 0 Å². The Kier molecular flexibility index (Phi) is 5.88. The molecule has 0 aliphatic heterocycles. The van der Waals surface area contributed by atoms with Crippen molar-refractivity contribution < 1.29 is 4.42 Å².